The number of aromatic nitrogens is 2. The van der Waals surface area contributed by atoms with Crippen LogP contribution in [-0.4, -0.2) is 51.7 Å². The van der Waals surface area contributed by atoms with Crippen LogP contribution < -0.4 is 10.1 Å². The summed E-state index contributed by atoms with van der Waals surface area (Å²) >= 11 is 6.00. The minimum atomic E-state index is -0.359. The first-order valence-corrected chi connectivity index (χ1v) is 13.8. The number of aliphatic hydroxyl groups is 1. The van der Waals surface area contributed by atoms with E-state index in [9.17, 15) is 9.90 Å². The van der Waals surface area contributed by atoms with Gasteiger partial charge in [-0.1, -0.05) is 36.9 Å². The van der Waals surface area contributed by atoms with Crippen LogP contribution in [0, 0.1) is 23.2 Å². The smallest absolute Gasteiger partial charge is 0.260 e. The fraction of sp³-hybridized carbons (Fsp3) is 0.607. The number of hydrogen-bond acceptors (Lipinski definition) is 6. The van der Waals surface area contributed by atoms with Gasteiger partial charge >= 0.3 is 0 Å². The van der Waals surface area contributed by atoms with Crippen molar-refractivity contribution in [1.29, 1.82) is 0 Å². The molecule has 5 atom stereocenters. The standard InChI is InChI=1S/C28H35ClN4O3/c29-21-5-2-6-22(10-21)36-16-26(35)33-8-7-23-24(15-33)31-17-32-27(23)30-14-25(34)28-11-18-3-1-4-19(12-28)20(9-18)13-28/h2,5-6,10,17-20,25,34H,1,3-4,7-9,11-16H2,(H,30,31,32). The molecule has 3 fully saturated rings. The topological polar surface area (TPSA) is 87.6 Å². The third-order valence-electron chi connectivity index (χ3n) is 9.21. The van der Waals surface area contributed by atoms with Crippen LogP contribution in [0.1, 0.15) is 56.2 Å². The molecule has 6 rings (SSSR count). The molecular weight excluding hydrogens is 476 g/mol. The van der Waals surface area contributed by atoms with E-state index < -0.39 is 0 Å². The van der Waals surface area contributed by atoms with Crippen molar-refractivity contribution in [2.75, 3.05) is 25.0 Å². The number of aliphatic hydroxyl groups excluding tert-OH is 1. The molecule has 1 amide bonds. The second-order valence-corrected chi connectivity index (χ2v) is 11.8. The van der Waals surface area contributed by atoms with Crippen molar-refractivity contribution in [3.05, 3.63) is 46.9 Å². The number of fused-ring (bicyclic) bond motifs is 3. The van der Waals surface area contributed by atoms with Gasteiger partial charge in [0.2, 0.25) is 0 Å². The van der Waals surface area contributed by atoms with E-state index in [0.29, 0.717) is 36.8 Å². The Bertz CT molecular complexity index is 1130. The molecule has 3 aliphatic carbocycles. The maximum Gasteiger partial charge on any atom is 0.260 e. The lowest BCUT2D eigenvalue weighted by Crippen LogP contribution is -2.42. The average molecular weight is 511 g/mol. The van der Waals surface area contributed by atoms with E-state index in [2.05, 4.69) is 15.3 Å². The van der Waals surface area contributed by atoms with Gasteiger partial charge in [0.1, 0.15) is 17.9 Å². The van der Waals surface area contributed by atoms with Crippen LogP contribution in [0.15, 0.2) is 30.6 Å². The predicted molar refractivity (Wildman–Crippen MR) is 138 cm³/mol. The summed E-state index contributed by atoms with van der Waals surface area (Å²) in [7, 11) is 0. The fourth-order valence-electron chi connectivity index (χ4n) is 7.55. The first-order chi connectivity index (χ1) is 17.5. The van der Waals surface area contributed by atoms with Gasteiger partial charge in [-0.05, 0) is 73.5 Å². The molecule has 2 heterocycles. The van der Waals surface area contributed by atoms with Crippen LogP contribution >= 0.6 is 11.6 Å². The van der Waals surface area contributed by atoms with Crippen molar-refractivity contribution in [1.82, 2.24) is 14.9 Å². The maximum absolute atomic E-state index is 12.8. The molecule has 3 saturated carbocycles. The van der Waals surface area contributed by atoms with E-state index in [4.69, 9.17) is 16.3 Å². The van der Waals surface area contributed by atoms with Crippen molar-refractivity contribution in [2.24, 2.45) is 23.2 Å². The van der Waals surface area contributed by atoms with Crippen LogP contribution in [-0.2, 0) is 17.8 Å². The molecule has 36 heavy (non-hydrogen) atoms. The zero-order chi connectivity index (χ0) is 24.7. The average Bonchev–Trinajstić information content (AvgIpc) is 3.06. The molecule has 7 nitrogen and oxygen atoms in total. The van der Waals surface area contributed by atoms with E-state index >= 15 is 0 Å². The first kappa shape index (κ1) is 24.0. The number of anilines is 1. The molecule has 0 radical (unpaired) electrons. The number of ether oxygens (including phenoxy) is 1. The highest BCUT2D eigenvalue weighted by molar-refractivity contribution is 6.30. The van der Waals surface area contributed by atoms with Gasteiger partial charge < -0.3 is 20.1 Å². The van der Waals surface area contributed by atoms with E-state index in [1.807, 2.05) is 0 Å². The number of amides is 1. The second kappa shape index (κ2) is 9.82. The molecule has 8 heteroatoms. The Morgan fingerprint density at radius 1 is 1.25 bits per heavy atom. The summed E-state index contributed by atoms with van der Waals surface area (Å²) in [5.41, 5.74) is 1.98. The summed E-state index contributed by atoms with van der Waals surface area (Å²) in [6.07, 6.45) is 10.9. The van der Waals surface area contributed by atoms with E-state index in [1.54, 1.807) is 35.5 Å². The van der Waals surface area contributed by atoms with Crippen molar-refractivity contribution < 1.29 is 14.6 Å². The number of nitrogens with zero attached hydrogens (tertiary/aromatic N) is 3. The molecule has 192 valence electrons. The zero-order valence-electron chi connectivity index (χ0n) is 20.7. The Morgan fingerprint density at radius 3 is 3.03 bits per heavy atom. The highest BCUT2D eigenvalue weighted by Crippen LogP contribution is 2.61. The van der Waals surface area contributed by atoms with Gasteiger partial charge in [-0.2, -0.15) is 0 Å². The quantitative estimate of drug-likeness (QED) is 0.571. The number of rotatable bonds is 7. The van der Waals surface area contributed by atoms with Crippen molar-refractivity contribution in [3.63, 3.8) is 0 Å². The van der Waals surface area contributed by atoms with Crippen molar-refractivity contribution >= 4 is 23.3 Å². The predicted octanol–water partition coefficient (Wildman–Crippen LogP) is 4.47. The monoisotopic (exact) mass is 510 g/mol. The molecule has 2 N–H and O–H groups in total. The highest BCUT2D eigenvalue weighted by atomic mass is 35.5. The normalized spacial score (nSPS) is 29.4. The minimum Gasteiger partial charge on any atom is -0.484 e. The Hall–Kier alpha value is -2.38. The lowest BCUT2D eigenvalue weighted by atomic mass is 9.66. The summed E-state index contributed by atoms with van der Waals surface area (Å²) in [6, 6.07) is 7.05. The first-order valence-electron chi connectivity index (χ1n) is 13.4. The van der Waals surface area contributed by atoms with Gasteiger partial charge in [0, 0.05) is 23.7 Å². The summed E-state index contributed by atoms with van der Waals surface area (Å²) in [5.74, 6) is 3.72. The van der Waals surface area contributed by atoms with Gasteiger partial charge in [-0.15, -0.1) is 0 Å². The van der Waals surface area contributed by atoms with Gasteiger partial charge in [0.05, 0.1) is 18.3 Å². The largest absolute Gasteiger partial charge is 0.484 e. The number of carbonyl (C=O) groups excluding carboxylic acids is 1. The number of nitrogens with one attached hydrogen (secondary N) is 1. The SMILES string of the molecule is O=C(COc1cccc(Cl)c1)N1CCc2c(ncnc2NCC(O)C23CC4CCCC(C2)C(C4)C3)C1. The van der Waals surface area contributed by atoms with Crippen LogP contribution in [0.2, 0.25) is 5.02 Å². The summed E-state index contributed by atoms with van der Waals surface area (Å²) in [5, 5.41) is 15.4. The Labute approximate surface area is 217 Å². The number of hydrogen-bond donors (Lipinski definition) is 2. The maximum atomic E-state index is 12.8. The second-order valence-electron chi connectivity index (χ2n) is 11.4. The van der Waals surface area contributed by atoms with Gasteiger partial charge in [-0.25, -0.2) is 9.97 Å². The lowest BCUT2D eigenvalue weighted by molar-refractivity contribution is -0.134. The van der Waals surface area contributed by atoms with Gasteiger partial charge in [-0.3, -0.25) is 4.79 Å². The third-order valence-corrected chi connectivity index (χ3v) is 9.45. The van der Waals surface area contributed by atoms with Crippen molar-refractivity contribution in [3.8, 4) is 5.75 Å². The summed E-state index contributed by atoms with van der Waals surface area (Å²) in [6.45, 7) is 1.50. The number of carbonyl (C=O) groups is 1. The summed E-state index contributed by atoms with van der Waals surface area (Å²) in [4.78, 5) is 23.5. The molecule has 0 saturated heterocycles. The molecule has 5 unspecified atom stereocenters. The van der Waals surface area contributed by atoms with Crippen LogP contribution in [0.3, 0.4) is 0 Å². The Kier molecular flexibility index (Phi) is 6.54. The fourth-order valence-corrected chi connectivity index (χ4v) is 7.73. The number of halogens is 1. The number of benzene rings is 1. The van der Waals surface area contributed by atoms with Gasteiger partial charge in [0.15, 0.2) is 6.61 Å². The van der Waals surface area contributed by atoms with Crippen LogP contribution in [0.4, 0.5) is 5.82 Å². The summed E-state index contributed by atoms with van der Waals surface area (Å²) < 4.78 is 5.64. The van der Waals surface area contributed by atoms with Crippen molar-refractivity contribution in [2.45, 2.75) is 64.0 Å². The minimum absolute atomic E-state index is 0.0386. The van der Waals surface area contributed by atoms with E-state index in [0.717, 1.165) is 34.8 Å². The Balaban J connectivity index is 1.07. The zero-order valence-corrected chi connectivity index (χ0v) is 21.4. The molecule has 3 bridgehead atoms. The molecule has 1 aliphatic heterocycles. The molecule has 4 aliphatic rings. The lowest BCUT2D eigenvalue weighted by Gasteiger charge is -2.41. The third kappa shape index (κ3) is 4.68. The highest BCUT2D eigenvalue weighted by Gasteiger charge is 2.54. The van der Waals surface area contributed by atoms with Gasteiger partial charge in [0.25, 0.3) is 5.91 Å². The van der Waals surface area contributed by atoms with E-state index in [-0.39, 0.29) is 24.0 Å². The molecule has 0 spiro atoms. The molecule has 1 aromatic heterocycles. The Morgan fingerprint density at radius 2 is 2.14 bits per heavy atom. The molecule has 2 aromatic rings. The van der Waals surface area contributed by atoms with Crippen LogP contribution in [0.25, 0.3) is 0 Å². The molecular formula is C28H35ClN4O3. The molecule has 1 aromatic carbocycles. The van der Waals surface area contributed by atoms with E-state index in [1.165, 1.54) is 44.9 Å². The van der Waals surface area contributed by atoms with Crippen LogP contribution in [0.5, 0.6) is 5.75 Å².